The molecule has 0 saturated heterocycles. The molecule has 1 aromatic carbocycles. The maximum absolute atomic E-state index is 5.63. The number of aromatic amines is 1. The van der Waals surface area contributed by atoms with Crippen molar-refractivity contribution in [2.45, 2.75) is 40.0 Å². The summed E-state index contributed by atoms with van der Waals surface area (Å²) in [6.45, 7) is 7.67. The Labute approximate surface area is 114 Å². The maximum Gasteiger partial charge on any atom is 0.233 e. The van der Waals surface area contributed by atoms with E-state index in [4.69, 9.17) is 4.74 Å². The van der Waals surface area contributed by atoms with Gasteiger partial charge in [-0.05, 0) is 18.1 Å². The van der Waals surface area contributed by atoms with E-state index >= 15 is 0 Å². The minimum absolute atomic E-state index is 0.493. The third-order valence-electron chi connectivity index (χ3n) is 2.77. The Morgan fingerprint density at radius 3 is 2.74 bits per heavy atom. The molecule has 2 N–H and O–H groups in total. The van der Waals surface area contributed by atoms with Gasteiger partial charge < -0.3 is 10.1 Å². The van der Waals surface area contributed by atoms with Gasteiger partial charge in [0.15, 0.2) is 0 Å². The molecule has 0 unspecified atom stereocenters. The fourth-order valence-corrected chi connectivity index (χ4v) is 1.78. The van der Waals surface area contributed by atoms with Gasteiger partial charge in [0.2, 0.25) is 5.88 Å². The summed E-state index contributed by atoms with van der Waals surface area (Å²) in [4.78, 5) is 0. The van der Waals surface area contributed by atoms with Gasteiger partial charge in [0.1, 0.15) is 6.61 Å². The number of hydrogen-bond acceptors (Lipinski definition) is 3. The van der Waals surface area contributed by atoms with Crippen molar-refractivity contribution in [3.63, 3.8) is 0 Å². The molecular weight excluding hydrogens is 238 g/mol. The number of H-pyrrole nitrogens is 1. The highest BCUT2D eigenvalue weighted by Crippen LogP contribution is 2.11. The van der Waals surface area contributed by atoms with Crippen molar-refractivity contribution in [2.24, 2.45) is 0 Å². The molecule has 4 heteroatoms. The summed E-state index contributed by atoms with van der Waals surface area (Å²) in [6, 6.07) is 10.8. The van der Waals surface area contributed by atoms with Crippen LogP contribution in [0.5, 0.6) is 5.88 Å². The maximum atomic E-state index is 5.63. The highest BCUT2D eigenvalue weighted by Gasteiger charge is 2.01. The minimum Gasteiger partial charge on any atom is -0.472 e. The van der Waals surface area contributed by atoms with Crippen LogP contribution < -0.4 is 10.1 Å². The lowest BCUT2D eigenvalue weighted by Gasteiger charge is -2.09. The summed E-state index contributed by atoms with van der Waals surface area (Å²) >= 11 is 0. The van der Waals surface area contributed by atoms with Gasteiger partial charge >= 0.3 is 0 Å². The van der Waals surface area contributed by atoms with Crippen LogP contribution in [0, 0.1) is 6.92 Å². The zero-order chi connectivity index (χ0) is 13.7. The smallest absolute Gasteiger partial charge is 0.233 e. The molecule has 102 valence electrons. The Bertz CT molecular complexity index is 520. The molecule has 0 atom stereocenters. The molecule has 4 nitrogen and oxygen atoms in total. The summed E-state index contributed by atoms with van der Waals surface area (Å²) in [5.74, 6) is 0.642. The predicted octanol–water partition coefficient (Wildman–Crippen LogP) is 2.80. The number of ether oxygens (including phenoxy) is 1. The minimum atomic E-state index is 0.493. The van der Waals surface area contributed by atoms with E-state index in [-0.39, 0.29) is 0 Å². The molecule has 0 aliphatic heterocycles. The summed E-state index contributed by atoms with van der Waals surface area (Å²) in [6.07, 6.45) is 0. The lowest BCUT2D eigenvalue weighted by molar-refractivity contribution is 0.293. The van der Waals surface area contributed by atoms with Crippen LogP contribution in [-0.4, -0.2) is 16.2 Å². The summed E-state index contributed by atoms with van der Waals surface area (Å²) < 4.78 is 5.63. The lowest BCUT2D eigenvalue weighted by Crippen LogP contribution is -2.21. The molecule has 0 fully saturated rings. The van der Waals surface area contributed by atoms with Crippen molar-refractivity contribution in [2.75, 3.05) is 0 Å². The second-order valence-electron chi connectivity index (χ2n) is 5.03. The van der Waals surface area contributed by atoms with Crippen LogP contribution in [0.25, 0.3) is 0 Å². The monoisotopic (exact) mass is 259 g/mol. The van der Waals surface area contributed by atoms with Crippen molar-refractivity contribution >= 4 is 0 Å². The highest BCUT2D eigenvalue weighted by atomic mass is 16.5. The van der Waals surface area contributed by atoms with Crippen molar-refractivity contribution in [3.05, 3.63) is 47.2 Å². The van der Waals surface area contributed by atoms with E-state index in [9.17, 15) is 0 Å². The topological polar surface area (TPSA) is 49.9 Å². The number of benzene rings is 1. The number of aryl methyl sites for hydroxylation is 1. The third kappa shape index (κ3) is 4.41. The van der Waals surface area contributed by atoms with Gasteiger partial charge in [0, 0.05) is 24.3 Å². The average molecular weight is 259 g/mol. The summed E-state index contributed by atoms with van der Waals surface area (Å²) in [5, 5.41) is 10.3. The molecule has 0 radical (unpaired) electrons. The van der Waals surface area contributed by atoms with E-state index in [1.54, 1.807) is 0 Å². The van der Waals surface area contributed by atoms with Gasteiger partial charge in [-0.3, -0.25) is 5.10 Å². The zero-order valence-electron chi connectivity index (χ0n) is 11.7. The fourth-order valence-electron chi connectivity index (χ4n) is 1.78. The van der Waals surface area contributed by atoms with E-state index in [1.165, 1.54) is 5.56 Å². The quantitative estimate of drug-likeness (QED) is 0.838. The van der Waals surface area contributed by atoms with Crippen molar-refractivity contribution < 1.29 is 4.74 Å². The molecule has 0 bridgehead atoms. The molecule has 0 spiro atoms. The van der Waals surface area contributed by atoms with Crippen LogP contribution >= 0.6 is 0 Å². The molecule has 0 aliphatic rings. The van der Waals surface area contributed by atoms with Gasteiger partial charge in [-0.15, -0.1) is 5.10 Å². The van der Waals surface area contributed by atoms with Crippen LogP contribution in [0.15, 0.2) is 30.3 Å². The summed E-state index contributed by atoms with van der Waals surface area (Å²) in [7, 11) is 0. The van der Waals surface area contributed by atoms with Gasteiger partial charge in [-0.2, -0.15) is 0 Å². The van der Waals surface area contributed by atoms with E-state index < -0.39 is 0 Å². The molecule has 19 heavy (non-hydrogen) atoms. The van der Waals surface area contributed by atoms with Gasteiger partial charge in [-0.25, -0.2) is 0 Å². The van der Waals surface area contributed by atoms with Crippen LogP contribution in [0.2, 0.25) is 0 Å². The van der Waals surface area contributed by atoms with Crippen LogP contribution in [0.4, 0.5) is 0 Å². The Balaban J connectivity index is 1.91. The van der Waals surface area contributed by atoms with E-state index in [1.807, 2.05) is 13.0 Å². The standard InChI is InChI=1S/C15H21N3O/c1-11(2)16-9-13-5-4-6-14(8-13)10-19-15-7-12(3)17-18-15/h4-8,11,16H,9-10H2,1-3H3,(H,17,18). The van der Waals surface area contributed by atoms with Crippen molar-refractivity contribution in [3.8, 4) is 5.88 Å². The van der Waals surface area contributed by atoms with Crippen molar-refractivity contribution in [1.82, 2.24) is 15.5 Å². The molecule has 0 aliphatic carbocycles. The number of hydrogen-bond donors (Lipinski definition) is 2. The molecule has 0 saturated carbocycles. The first-order chi connectivity index (χ1) is 9.13. The lowest BCUT2D eigenvalue weighted by atomic mass is 10.1. The summed E-state index contributed by atoms with van der Waals surface area (Å²) in [5.41, 5.74) is 3.43. The normalized spacial score (nSPS) is 10.9. The van der Waals surface area contributed by atoms with Crippen LogP contribution in [0.1, 0.15) is 30.7 Å². The van der Waals surface area contributed by atoms with Gasteiger partial charge in [-0.1, -0.05) is 38.1 Å². The molecular formula is C15H21N3O. The SMILES string of the molecule is Cc1cc(OCc2cccc(CNC(C)C)c2)n[nH]1. The van der Waals surface area contributed by atoms with Crippen LogP contribution in [-0.2, 0) is 13.2 Å². The Kier molecular flexibility index (Phi) is 4.58. The second-order valence-corrected chi connectivity index (χ2v) is 5.03. The zero-order valence-corrected chi connectivity index (χ0v) is 11.7. The second kappa shape index (κ2) is 6.38. The Hall–Kier alpha value is -1.81. The van der Waals surface area contributed by atoms with Crippen LogP contribution in [0.3, 0.4) is 0 Å². The first kappa shape index (κ1) is 13.6. The van der Waals surface area contributed by atoms with E-state index in [0.717, 1.165) is 17.8 Å². The van der Waals surface area contributed by atoms with Gasteiger partial charge in [0.25, 0.3) is 0 Å². The number of nitrogens with zero attached hydrogens (tertiary/aromatic N) is 1. The molecule has 0 amide bonds. The average Bonchev–Trinajstić information content (AvgIpc) is 2.80. The number of rotatable bonds is 6. The molecule has 2 rings (SSSR count). The largest absolute Gasteiger partial charge is 0.472 e. The fraction of sp³-hybridized carbons (Fsp3) is 0.400. The van der Waals surface area contributed by atoms with Crippen molar-refractivity contribution in [1.29, 1.82) is 0 Å². The van der Waals surface area contributed by atoms with Gasteiger partial charge in [0.05, 0.1) is 0 Å². The number of nitrogens with one attached hydrogen (secondary N) is 2. The number of aromatic nitrogens is 2. The Morgan fingerprint density at radius 2 is 2.05 bits per heavy atom. The predicted molar refractivity (Wildman–Crippen MR) is 76.1 cm³/mol. The molecule has 1 heterocycles. The molecule has 2 aromatic rings. The Morgan fingerprint density at radius 1 is 1.26 bits per heavy atom. The highest BCUT2D eigenvalue weighted by molar-refractivity contribution is 5.23. The third-order valence-corrected chi connectivity index (χ3v) is 2.77. The first-order valence-electron chi connectivity index (χ1n) is 6.59. The van der Waals surface area contributed by atoms with E-state index in [0.29, 0.717) is 18.5 Å². The first-order valence-corrected chi connectivity index (χ1v) is 6.59. The molecule has 1 aromatic heterocycles. The van der Waals surface area contributed by atoms with E-state index in [2.05, 4.69) is 53.6 Å².